The van der Waals surface area contributed by atoms with Crippen molar-refractivity contribution >= 4 is 17.7 Å². The van der Waals surface area contributed by atoms with Gasteiger partial charge in [-0.15, -0.1) is 0 Å². The number of ketones is 1. The van der Waals surface area contributed by atoms with E-state index in [1.165, 1.54) is 30.9 Å². The number of carbonyl (C=O) groups is 3. The Morgan fingerprint density at radius 1 is 1.36 bits per heavy atom. The molecule has 2 aromatic heterocycles. The van der Waals surface area contributed by atoms with E-state index in [1.54, 1.807) is 6.92 Å². The zero-order valence-electron chi connectivity index (χ0n) is 15.5. The molecule has 0 aliphatic heterocycles. The fraction of sp³-hybridized carbons (Fsp3) is 0.471. The van der Waals surface area contributed by atoms with Crippen molar-refractivity contribution < 1.29 is 27.9 Å². The van der Waals surface area contributed by atoms with Gasteiger partial charge in [0.2, 0.25) is 0 Å². The number of amides is 1. The van der Waals surface area contributed by atoms with E-state index in [-0.39, 0.29) is 29.1 Å². The molecule has 0 spiro atoms. The van der Waals surface area contributed by atoms with Crippen molar-refractivity contribution in [1.82, 2.24) is 25.3 Å². The van der Waals surface area contributed by atoms with Gasteiger partial charge in [-0.05, 0) is 19.4 Å². The Morgan fingerprint density at radius 3 is 2.57 bits per heavy atom. The molecule has 0 aromatic carbocycles. The third-order valence-corrected chi connectivity index (χ3v) is 4.73. The van der Waals surface area contributed by atoms with E-state index in [0.29, 0.717) is 0 Å². The molecule has 2 N–H and O–H groups in total. The Labute approximate surface area is 158 Å². The van der Waals surface area contributed by atoms with E-state index < -0.39 is 42.0 Å². The summed E-state index contributed by atoms with van der Waals surface area (Å²) in [6.07, 6.45) is 1.19. The highest BCUT2D eigenvalue weighted by Crippen LogP contribution is 2.50. The van der Waals surface area contributed by atoms with E-state index in [1.807, 2.05) is 0 Å². The second kappa shape index (κ2) is 6.80. The lowest BCUT2D eigenvalue weighted by molar-refractivity contribution is -0.148. The van der Waals surface area contributed by atoms with E-state index in [0.717, 1.165) is 0 Å². The maximum Gasteiger partial charge on any atom is 0.355 e. The third-order valence-electron chi connectivity index (χ3n) is 4.73. The highest BCUT2D eigenvalue weighted by Gasteiger charge is 2.60. The predicted octanol–water partition coefficient (Wildman–Crippen LogP) is 1.25. The summed E-state index contributed by atoms with van der Waals surface area (Å²) in [7, 11) is 1.54. The summed E-state index contributed by atoms with van der Waals surface area (Å²) in [5.41, 5.74) is -0.952. The molecule has 0 atom stereocenters. The summed E-state index contributed by atoms with van der Waals surface area (Å²) >= 11 is 0. The minimum absolute atomic E-state index is 0.00978. The maximum absolute atomic E-state index is 13.5. The van der Waals surface area contributed by atoms with Gasteiger partial charge in [-0.3, -0.25) is 9.59 Å². The van der Waals surface area contributed by atoms with Gasteiger partial charge < -0.3 is 14.6 Å². The number of rotatable bonds is 6. The molecule has 0 radical (unpaired) electrons. The van der Waals surface area contributed by atoms with Gasteiger partial charge in [0.05, 0.1) is 18.3 Å². The molecule has 2 aromatic rings. The maximum atomic E-state index is 13.5. The largest absolute Gasteiger partial charge is 0.461 e. The Kier molecular flexibility index (Phi) is 4.77. The summed E-state index contributed by atoms with van der Waals surface area (Å²) in [5, 5.41) is 12.1. The van der Waals surface area contributed by atoms with Crippen LogP contribution >= 0.6 is 0 Å². The highest BCUT2D eigenvalue weighted by atomic mass is 19.3. The third kappa shape index (κ3) is 3.27. The molecule has 1 amide bonds. The molecule has 0 bridgehead atoms. The van der Waals surface area contributed by atoms with Crippen LogP contribution in [0.4, 0.5) is 8.78 Å². The van der Waals surface area contributed by atoms with Crippen molar-refractivity contribution in [2.24, 2.45) is 7.05 Å². The first-order chi connectivity index (χ1) is 13.1. The van der Waals surface area contributed by atoms with Crippen LogP contribution in [0, 0.1) is 6.92 Å². The first-order valence-corrected chi connectivity index (χ1v) is 8.54. The van der Waals surface area contributed by atoms with Crippen LogP contribution in [0.25, 0.3) is 0 Å². The van der Waals surface area contributed by atoms with Crippen LogP contribution in [0.3, 0.4) is 0 Å². The molecular formula is C17H19F2N5O4. The molecule has 0 unspecified atom stereocenters. The lowest BCUT2D eigenvalue weighted by atomic mass is 9.71. The van der Waals surface area contributed by atoms with Crippen molar-refractivity contribution in [2.45, 2.75) is 38.2 Å². The summed E-state index contributed by atoms with van der Waals surface area (Å²) in [5.74, 6) is -5.61. The van der Waals surface area contributed by atoms with Gasteiger partial charge in [-0.25, -0.2) is 13.6 Å². The number of aromatic nitrogens is 4. The zero-order chi connectivity index (χ0) is 20.7. The molecule has 11 heteroatoms. The Morgan fingerprint density at radius 2 is 2.04 bits per heavy atom. The number of hydrogen-bond donors (Lipinski definition) is 2. The molecule has 1 fully saturated rings. The van der Waals surface area contributed by atoms with E-state index in [2.05, 4.69) is 20.7 Å². The van der Waals surface area contributed by atoms with Crippen LogP contribution in [0.1, 0.15) is 51.9 Å². The number of carbonyl (C=O) groups excluding carboxylic acids is 3. The minimum Gasteiger partial charge on any atom is -0.461 e. The smallest absolute Gasteiger partial charge is 0.355 e. The van der Waals surface area contributed by atoms with Crippen molar-refractivity contribution in [2.75, 3.05) is 6.61 Å². The molecule has 28 heavy (non-hydrogen) atoms. The Bertz CT molecular complexity index is 928. The average Bonchev–Trinajstić information content (AvgIpc) is 3.21. The van der Waals surface area contributed by atoms with Crippen LogP contribution in [0.5, 0.6) is 0 Å². The number of Topliss-reactive ketones (excluding diaryl/α,β-unsaturated/α-hetero) is 1. The van der Waals surface area contributed by atoms with Crippen LogP contribution in [0.2, 0.25) is 0 Å². The molecule has 1 saturated carbocycles. The fourth-order valence-electron chi connectivity index (χ4n) is 3.47. The van der Waals surface area contributed by atoms with Crippen molar-refractivity contribution in [3.8, 4) is 0 Å². The summed E-state index contributed by atoms with van der Waals surface area (Å²) < 4.78 is 33.4. The molecule has 1 aliphatic carbocycles. The molecule has 150 valence electrons. The number of alkyl halides is 2. The van der Waals surface area contributed by atoms with Crippen LogP contribution < -0.4 is 5.32 Å². The number of H-pyrrole nitrogens is 1. The van der Waals surface area contributed by atoms with Crippen molar-refractivity contribution in [1.29, 1.82) is 0 Å². The quantitative estimate of drug-likeness (QED) is 0.432. The van der Waals surface area contributed by atoms with Gasteiger partial charge in [0, 0.05) is 31.6 Å². The topological polar surface area (TPSA) is 119 Å². The number of aromatic amines is 1. The van der Waals surface area contributed by atoms with Crippen molar-refractivity contribution in [3.63, 3.8) is 0 Å². The monoisotopic (exact) mass is 395 g/mol. The second-order valence-electron chi connectivity index (χ2n) is 6.78. The minimum atomic E-state index is -2.98. The SMILES string of the molecule is CCOC(=O)c1c(C)c(C(=O)C(=O)NC2(c3cn[nH]n3)CC(F)(F)C2)cn1C. The van der Waals surface area contributed by atoms with Gasteiger partial charge in [0.25, 0.3) is 17.6 Å². The van der Waals surface area contributed by atoms with Gasteiger partial charge in [-0.2, -0.15) is 15.4 Å². The first-order valence-electron chi connectivity index (χ1n) is 8.54. The fourth-order valence-corrected chi connectivity index (χ4v) is 3.47. The van der Waals surface area contributed by atoms with E-state index in [9.17, 15) is 23.2 Å². The van der Waals surface area contributed by atoms with E-state index >= 15 is 0 Å². The zero-order valence-corrected chi connectivity index (χ0v) is 15.5. The van der Waals surface area contributed by atoms with E-state index in [4.69, 9.17) is 4.74 Å². The van der Waals surface area contributed by atoms with Crippen LogP contribution in [0.15, 0.2) is 12.4 Å². The van der Waals surface area contributed by atoms with Gasteiger partial charge in [0.1, 0.15) is 11.4 Å². The van der Waals surface area contributed by atoms with Gasteiger partial charge in [0.15, 0.2) is 0 Å². The number of hydrogen-bond acceptors (Lipinski definition) is 6. The normalized spacial score (nSPS) is 16.9. The van der Waals surface area contributed by atoms with Crippen LogP contribution in [-0.4, -0.2) is 50.2 Å². The number of nitrogens with zero attached hydrogens (tertiary/aromatic N) is 3. The predicted molar refractivity (Wildman–Crippen MR) is 90.8 cm³/mol. The molecular weight excluding hydrogens is 376 g/mol. The number of esters is 1. The average molecular weight is 395 g/mol. The highest BCUT2D eigenvalue weighted by molar-refractivity contribution is 6.43. The van der Waals surface area contributed by atoms with Gasteiger partial charge in [-0.1, -0.05) is 0 Å². The lowest BCUT2D eigenvalue weighted by Crippen LogP contribution is -2.61. The first kappa shape index (κ1) is 19.6. The lowest BCUT2D eigenvalue weighted by Gasteiger charge is -2.46. The molecule has 9 nitrogen and oxygen atoms in total. The number of nitrogens with one attached hydrogen (secondary N) is 2. The Hall–Kier alpha value is -3.11. The molecule has 1 aliphatic rings. The standard InChI is InChI=1S/C17H19F2N5O4/c1-4-28-15(27)12-9(2)10(6-24(12)3)13(25)14(26)21-16(7-17(18,19)8-16)11-5-20-23-22-11/h5-6H,4,7-8H2,1-3H3,(H,21,26)(H,20,22,23). The summed E-state index contributed by atoms with van der Waals surface area (Å²) in [6.45, 7) is 3.31. The Balaban J connectivity index is 1.84. The van der Waals surface area contributed by atoms with Crippen LogP contribution in [-0.2, 0) is 22.1 Å². The second-order valence-corrected chi connectivity index (χ2v) is 6.78. The number of ether oxygens (including phenoxy) is 1. The molecule has 0 saturated heterocycles. The number of aryl methyl sites for hydroxylation is 1. The molecule has 3 rings (SSSR count). The number of halogens is 2. The summed E-state index contributed by atoms with van der Waals surface area (Å²) in [6, 6.07) is 0. The van der Waals surface area contributed by atoms with Crippen molar-refractivity contribution in [3.05, 3.63) is 34.9 Å². The van der Waals surface area contributed by atoms with Gasteiger partial charge >= 0.3 is 5.97 Å². The molecule has 2 heterocycles. The summed E-state index contributed by atoms with van der Waals surface area (Å²) in [4.78, 5) is 37.2.